The van der Waals surface area contributed by atoms with Gasteiger partial charge in [0.1, 0.15) is 6.04 Å². The number of benzene rings is 2. The van der Waals surface area contributed by atoms with Crippen molar-refractivity contribution in [1.29, 1.82) is 0 Å². The SMILES string of the molecule is CC(C)N(C)[C@@H]1CC[C@H](N2CC[C@H](Nc3ccnc4cc(C(F)(F)F)ccc34)C2=O)[C@@H](CS(=O)(=O)c2ccccc2)C1. The lowest BCUT2D eigenvalue weighted by molar-refractivity contribution is -0.137. The molecule has 4 atom stereocenters. The number of amides is 1. The van der Waals surface area contributed by atoms with Gasteiger partial charge in [0.25, 0.3) is 0 Å². The standard InChI is InChI=1S/C31H37F3N4O3S/c1-20(2)37(3)23-10-12-29(21(17-23)19-42(40,41)24-7-5-4-6-8-24)38-16-14-27(30(38)39)36-26-13-15-35-28-18-22(31(32,33)34)9-11-25(26)28/h4-9,11,13,15,18,20-21,23,27,29H,10,12,14,16-17,19H2,1-3H3,(H,35,36)/t21-,23-,27+,29+/m1/s1. The van der Waals surface area contributed by atoms with Crippen LogP contribution in [-0.2, 0) is 20.8 Å². The number of likely N-dealkylation sites (tertiary alicyclic amines) is 1. The molecule has 0 bridgehead atoms. The monoisotopic (exact) mass is 602 g/mol. The first-order valence-electron chi connectivity index (χ1n) is 14.4. The lowest BCUT2D eigenvalue weighted by Gasteiger charge is -2.44. The van der Waals surface area contributed by atoms with Gasteiger partial charge in [0.15, 0.2) is 9.84 Å². The Bertz CT molecular complexity index is 1530. The normalized spacial score (nSPS) is 23.7. The van der Waals surface area contributed by atoms with Crippen LogP contribution >= 0.6 is 0 Å². The van der Waals surface area contributed by atoms with Crippen molar-refractivity contribution in [1.82, 2.24) is 14.8 Å². The van der Waals surface area contributed by atoms with Crippen LogP contribution in [0.5, 0.6) is 0 Å². The average molecular weight is 603 g/mol. The molecular weight excluding hydrogens is 565 g/mol. The van der Waals surface area contributed by atoms with E-state index in [0.717, 1.165) is 18.6 Å². The summed E-state index contributed by atoms with van der Waals surface area (Å²) in [7, 11) is -1.50. The maximum Gasteiger partial charge on any atom is 0.416 e. The topological polar surface area (TPSA) is 82.6 Å². The third-order valence-corrected chi connectivity index (χ3v) is 10.7. The van der Waals surface area contributed by atoms with Crippen molar-refractivity contribution >= 4 is 32.3 Å². The van der Waals surface area contributed by atoms with Gasteiger partial charge >= 0.3 is 6.18 Å². The van der Waals surface area contributed by atoms with E-state index in [1.54, 1.807) is 36.4 Å². The van der Waals surface area contributed by atoms with Crippen molar-refractivity contribution in [3.05, 3.63) is 66.4 Å². The minimum atomic E-state index is -4.48. The Hall–Kier alpha value is -3.18. The van der Waals surface area contributed by atoms with Crippen LogP contribution in [0.25, 0.3) is 10.9 Å². The van der Waals surface area contributed by atoms with Gasteiger partial charge in [0.05, 0.1) is 21.7 Å². The second kappa shape index (κ2) is 11.8. The van der Waals surface area contributed by atoms with Gasteiger partial charge in [-0.15, -0.1) is 0 Å². The Kier molecular flexibility index (Phi) is 8.53. The Morgan fingerprint density at radius 1 is 1.07 bits per heavy atom. The number of carbonyl (C=O) groups is 1. The Balaban J connectivity index is 1.37. The lowest BCUT2D eigenvalue weighted by atomic mass is 9.81. The van der Waals surface area contributed by atoms with Crippen LogP contribution < -0.4 is 5.32 Å². The first kappa shape index (κ1) is 30.3. The number of hydrogen-bond acceptors (Lipinski definition) is 6. The van der Waals surface area contributed by atoms with E-state index in [0.29, 0.717) is 42.9 Å². The minimum absolute atomic E-state index is 0.0392. The van der Waals surface area contributed by atoms with E-state index in [9.17, 15) is 26.4 Å². The van der Waals surface area contributed by atoms with Crippen molar-refractivity contribution in [2.24, 2.45) is 5.92 Å². The fourth-order valence-electron chi connectivity index (χ4n) is 6.41. The second-order valence-electron chi connectivity index (χ2n) is 11.8. The molecule has 11 heteroatoms. The van der Waals surface area contributed by atoms with Crippen molar-refractivity contribution in [3.8, 4) is 0 Å². The number of fused-ring (bicyclic) bond motifs is 1. The number of anilines is 1. The summed E-state index contributed by atoms with van der Waals surface area (Å²) in [6.45, 7) is 4.72. The molecule has 3 aromatic rings. The van der Waals surface area contributed by atoms with Gasteiger partial charge in [-0.1, -0.05) is 24.3 Å². The fraction of sp³-hybridized carbons (Fsp3) is 0.484. The van der Waals surface area contributed by atoms with Gasteiger partial charge in [-0.3, -0.25) is 9.78 Å². The quantitative estimate of drug-likeness (QED) is 0.361. The number of pyridine rings is 1. The Morgan fingerprint density at radius 3 is 2.50 bits per heavy atom. The highest BCUT2D eigenvalue weighted by Gasteiger charge is 2.44. The number of alkyl halides is 3. The number of nitrogens with zero attached hydrogens (tertiary/aromatic N) is 3. The summed E-state index contributed by atoms with van der Waals surface area (Å²) in [6.07, 6.45) is -0.308. The molecule has 1 saturated carbocycles. The molecule has 5 rings (SSSR count). The van der Waals surface area contributed by atoms with E-state index in [1.807, 2.05) is 4.90 Å². The van der Waals surface area contributed by atoms with Gasteiger partial charge < -0.3 is 15.1 Å². The molecule has 1 aliphatic carbocycles. The fourth-order valence-corrected chi connectivity index (χ4v) is 8.10. The van der Waals surface area contributed by atoms with E-state index in [2.05, 4.69) is 36.1 Å². The molecule has 1 aliphatic heterocycles. The lowest BCUT2D eigenvalue weighted by Crippen LogP contribution is -2.52. The van der Waals surface area contributed by atoms with E-state index in [1.165, 1.54) is 12.3 Å². The van der Waals surface area contributed by atoms with Gasteiger partial charge in [0, 0.05) is 41.9 Å². The summed E-state index contributed by atoms with van der Waals surface area (Å²) in [5.41, 5.74) is -0.0479. The smallest absolute Gasteiger partial charge is 0.373 e. The summed E-state index contributed by atoms with van der Waals surface area (Å²) >= 11 is 0. The number of nitrogens with one attached hydrogen (secondary N) is 1. The molecule has 0 unspecified atom stereocenters. The predicted octanol–water partition coefficient (Wildman–Crippen LogP) is 5.62. The summed E-state index contributed by atoms with van der Waals surface area (Å²) in [5.74, 6) is -0.391. The maximum absolute atomic E-state index is 13.8. The Morgan fingerprint density at radius 2 is 1.81 bits per heavy atom. The highest BCUT2D eigenvalue weighted by molar-refractivity contribution is 7.91. The predicted molar refractivity (Wildman–Crippen MR) is 157 cm³/mol. The van der Waals surface area contributed by atoms with Gasteiger partial charge in [0.2, 0.25) is 5.91 Å². The molecule has 0 spiro atoms. The zero-order chi connectivity index (χ0) is 30.2. The summed E-state index contributed by atoms with van der Waals surface area (Å²) in [5, 5.41) is 3.75. The van der Waals surface area contributed by atoms with Crippen LogP contribution in [0.1, 0.15) is 45.1 Å². The molecule has 1 amide bonds. The number of carbonyl (C=O) groups excluding carboxylic acids is 1. The minimum Gasteiger partial charge on any atom is -0.373 e. The van der Waals surface area contributed by atoms with Crippen LogP contribution in [0.3, 0.4) is 0 Å². The number of rotatable bonds is 8. The first-order valence-corrected chi connectivity index (χ1v) is 16.0. The summed E-state index contributed by atoms with van der Waals surface area (Å²) in [6, 6.07) is 13.2. The first-order chi connectivity index (χ1) is 19.8. The molecule has 2 aliphatic rings. The van der Waals surface area contributed by atoms with Crippen LogP contribution in [-0.4, -0.2) is 72.6 Å². The van der Waals surface area contributed by atoms with E-state index in [4.69, 9.17) is 0 Å². The zero-order valence-corrected chi connectivity index (χ0v) is 24.8. The molecule has 1 saturated heterocycles. The van der Waals surface area contributed by atoms with E-state index < -0.39 is 27.6 Å². The van der Waals surface area contributed by atoms with Crippen LogP contribution in [0, 0.1) is 5.92 Å². The molecule has 0 radical (unpaired) electrons. The molecule has 1 N–H and O–H groups in total. The van der Waals surface area contributed by atoms with Gasteiger partial charge in [-0.25, -0.2) is 8.42 Å². The molecule has 1 aromatic heterocycles. The molecular formula is C31H37F3N4O3S. The number of hydrogen-bond donors (Lipinski definition) is 1. The molecule has 42 heavy (non-hydrogen) atoms. The summed E-state index contributed by atoms with van der Waals surface area (Å²) < 4.78 is 66.6. The second-order valence-corrected chi connectivity index (χ2v) is 13.8. The van der Waals surface area contributed by atoms with Crippen LogP contribution in [0.2, 0.25) is 0 Å². The maximum atomic E-state index is 13.8. The van der Waals surface area contributed by atoms with Gasteiger partial charge in [-0.05, 0) is 82.8 Å². The third-order valence-electron chi connectivity index (χ3n) is 8.88. The number of sulfone groups is 1. The van der Waals surface area contributed by atoms with Crippen molar-refractivity contribution in [2.45, 2.75) is 74.8 Å². The van der Waals surface area contributed by atoms with Gasteiger partial charge in [-0.2, -0.15) is 13.2 Å². The highest BCUT2D eigenvalue weighted by atomic mass is 32.2. The Labute approximate surface area is 245 Å². The van der Waals surface area contributed by atoms with E-state index >= 15 is 0 Å². The van der Waals surface area contributed by atoms with Crippen molar-refractivity contribution in [3.63, 3.8) is 0 Å². The molecule has 2 fully saturated rings. The molecule has 2 aromatic carbocycles. The number of aromatic nitrogens is 1. The van der Waals surface area contributed by atoms with E-state index in [-0.39, 0.29) is 40.1 Å². The molecule has 7 nitrogen and oxygen atoms in total. The number of halogens is 3. The molecule has 2 heterocycles. The molecule has 226 valence electrons. The highest BCUT2D eigenvalue weighted by Crippen LogP contribution is 2.37. The van der Waals surface area contributed by atoms with Crippen molar-refractivity contribution < 1.29 is 26.4 Å². The average Bonchev–Trinajstić information content (AvgIpc) is 3.31. The summed E-state index contributed by atoms with van der Waals surface area (Å²) in [4.78, 5) is 22.3. The van der Waals surface area contributed by atoms with Crippen LogP contribution in [0.4, 0.5) is 18.9 Å². The van der Waals surface area contributed by atoms with Crippen LogP contribution in [0.15, 0.2) is 65.7 Å². The third kappa shape index (κ3) is 6.27. The van der Waals surface area contributed by atoms with Crippen molar-refractivity contribution in [2.75, 3.05) is 24.7 Å². The zero-order valence-electron chi connectivity index (χ0n) is 24.0. The largest absolute Gasteiger partial charge is 0.416 e.